The Kier molecular flexibility index (Phi) is 14.4. The van der Waals surface area contributed by atoms with Crippen LogP contribution >= 0.6 is 0 Å². The summed E-state index contributed by atoms with van der Waals surface area (Å²) in [4.78, 5) is 34.2. The van der Waals surface area contributed by atoms with Gasteiger partial charge in [0.25, 0.3) is 0 Å². The molecule has 0 bridgehead atoms. The van der Waals surface area contributed by atoms with Crippen molar-refractivity contribution in [3.05, 3.63) is 48.1 Å². The number of likely N-dealkylation sites (N-methyl/N-ethyl adjacent to an activating group) is 1. The number of hydrogen-bond acceptors (Lipinski definition) is 10. The van der Waals surface area contributed by atoms with Gasteiger partial charge in [-0.3, -0.25) is 0 Å². The summed E-state index contributed by atoms with van der Waals surface area (Å²) in [6, 6.07) is 4.69. The maximum Gasteiger partial charge on any atom is 0.412 e. The van der Waals surface area contributed by atoms with Crippen LogP contribution in [0.1, 0.15) is 105 Å². The predicted octanol–water partition coefficient (Wildman–Crippen LogP) is 7.34. The molecule has 12 nitrogen and oxygen atoms in total. The molecule has 1 heterocycles. The van der Waals surface area contributed by atoms with Crippen LogP contribution in [0.25, 0.3) is 0 Å². The summed E-state index contributed by atoms with van der Waals surface area (Å²) in [6.45, 7) is 18.6. The van der Waals surface area contributed by atoms with Crippen LogP contribution in [0.4, 0.5) is 9.59 Å². The summed E-state index contributed by atoms with van der Waals surface area (Å²) in [5.74, 6) is -1.10. The number of hydrogen-bond donors (Lipinski definition) is 3. The molecule has 0 radical (unpaired) electrons. The Bertz CT molecular complexity index is 1480. The van der Waals surface area contributed by atoms with Crippen LogP contribution in [-0.2, 0) is 14.3 Å². The summed E-state index contributed by atoms with van der Waals surface area (Å²) in [5, 5.41) is 27.1. The van der Waals surface area contributed by atoms with E-state index >= 15 is 0 Å². The molecule has 2 amide bonds. The second kappa shape index (κ2) is 18.1. The average molecular weight is 742 g/mol. The van der Waals surface area contributed by atoms with Gasteiger partial charge in [0.05, 0.1) is 24.8 Å². The lowest BCUT2D eigenvalue weighted by molar-refractivity contribution is -0.254. The van der Waals surface area contributed by atoms with Crippen molar-refractivity contribution < 1.29 is 43.6 Å². The van der Waals surface area contributed by atoms with E-state index in [1.165, 1.54) is 0 Å². The SMILES string of the molecule is C=CCOC12Oc3ccc(OC(=O)NCC)cc3C3C(CCCCO)C(CCCCO)C=C(C(=NOC(C)(C)C)CC1N(C)C(=O)OCC(C)(C)C)C32. The van der Waals surface area contributed by atoms with Gasteiger partial charge in [-0.05, 0) is 94.4 Å². The van der Waals surface area contributed by atoms with Crippen LogP contribution in [0.2, 0.25) is 0 Å². The number of fused-ring (bicyclic) bond motifs is 2. The van der Waals surface area contributed by atoms with Crippen molar-refractivity contribution in [2.45, 2.75) is 117 Å². The third kappa shape index (κ3) is 10.3. The summed E-state index contributed by atoms with van der Waals surface area (Å²) in [5.41, 5.74) is 1.63. The van der Waals surface area contributed by atoms with Crippen LogP contribution in [-0.4, -0.2) is 90.5 Å². The number of nitrogens with one attached hydrogen (secondary N) is 1. The first-order valence-electron chi connectivity index (χ1n) is 19.2. The molecule has 1 aromatic carbocycles. The maximum atomic E-state index is 13.9. The number of amides is 2. The number of unbranched alkanes of at least 4 members (excludes halogenated alkanes) is 2. The molecule has 3 aliphatic rings. The van der Waals surface area contributed by atoms with E-state index in [2.05, 4.69) is 18.0 Å². The Morgan fingerprint density at radius 2 is 1.79 bits per heavy atom. The number of benzene rings is 1. The number of oxime groups is 1. The first-order valence-corrected chi connectivity index (χ1v) is 19.2. The first-order chi connectivity index (χ1) is 25.1. The lowest BCUT2D eigenvalue weighted by Crippen LogP contribution is -2.69. The molecule has 1 aromatic rings. The number of aliphatic hydroxyl groups is 2. The topological polar surface area (TPSA) is 148 Å². The fourth-order valence-corrected chi connectivity index (χ4v) is 7.78. The molecule has 12 heteroatoms. The molecule has 53 heavy (non-hydrogen) atoms. The highest BCUT2D eigenvalue weighted by atomic mass is 16.7. The van der Waals surface area contributed by atoms with E-state index in [1.807, 2.05) is 60.6 Å². The average Bonchev–Trinajstić information content (AvgIpc) is 3.09. The van der Waals surface area contributed by atoms with E-state index < -0.39 is 35.5 Å². The number of aliphatic hydroxyl groups excluding tert-OH is 2. The third-order valence-corrected chi connectivity index (χ3v) is 9.99. The van der Waals surface area contributed by atoms with E-state index in [4.69, 9.17) is 28.9 Å². The monoisotopic (exact) mass is 741 g/mol. The van der Waals surface area contributed by atoms with Gasteiger partial charge in [-0.15, -0.1) is 6.58 Å². The summed E-state index contributed by atoms with van der Waals surface area (Å²) in [6.07, 6.45) is 7.68. The molecule has 0 aromatic heterocycles. The molecular formula is C41H63N3O9. The number of carbonyl (C=O) groups excluding carboxylic acids is 2. The van der Waals surface area contributed by atoms with Crippen LogP contribution in [0, 0.1) is 23.2 Å². The van der Waals surface area contributed by atoms with Gasteiger partial charge in [0.1, 0.15) is 23.1 Å². The largest absolute Gasteiger partial charge is 0.459 e. The minimum atomic E-state index is -1.40. The molecule has 2 aliphatic carbocycles. The maximum absolute atomic E-state index is 13.9. The Morgan fingerprint density at radius 1 is 1.09 bits per heavy atom. The van der Waals surface area contributed by atoms with E-state index in [-0.39, 0.29) is 56.0 Å². The highest BCUT2D eigenvalue weighted by Gasteiger charge is 2.65. The van der Waals surface area contributed by atoms with E-state index in [1.54, 1.807) is 24.1 Å². The van der Waals surface area contributed by atoms with Gasteiger partial charge in [-0.2, -0.15) is 0 Å². The summed E-state index contributed by atoms with van der Waals surface area (Å²) in [7, 11) is 1.71. The molecule has 1 aliphatic heterocycles. The fraction of sp³-hybridized carbons (Fsp3) is 0.683. The van der Waals surface area contributed by atoms with Crippen LogP contribution in [0.5, 0.6) is 11.5 Å². The van der Waals surface area contributed by atoms with E-state index in [0.717, 1.165) is 36.8 Å². The van der Waals surface area contributed by atoms with Gasteiger partial charge in [0.15, 0.2) is 0 Å². The van der Waals surface area contributed by atoms with Gasteiger partial charge < -0.3 is 44.2 Å². The highest BCUT2D eigenvalue weighted by Crippen LogP contribution is 2.61. The lowest BCUT2D eigenvalue weighted by atomic mass is 9.55. The second-order valence-electron chi connectivity index (χ2n) is 16.6. The summed E-state index contributed by atoms with van der Waals surface area (Å²) < 4.78 is 25.6. The number of nitrogens with zero attached hydrogens (tertiary/aromatic N) is 2. The Labute approximate surface area is 315 Å². The Morgan fingerprint density at radius 3 is 2.42 bits per heavy atom. The van der Waals surface area contributed by atoms with Crippen molar-refractivity contribution in [1.29, 1.82) is 0 Å². The Balaban J connectivity index is 2.01. The Hall–Kier alpha value is -3.61. The molecule has 6 atom stereocenters. The van der Waals surface area contributed by atoms with E-state index in [0.29, 0.717) is 36.6 Å². The smallest absolute Gasteiger partial charge is 0.412 e. The zero-order valence-electron chi connectivity index (χ0n) is 33.1. The van der Waals surface area contributed by atoms with Gasteiger partial charge in [-0.25, -0.2) is 9.59 Å². The second-order valence-corrected chi connectivity index (χ2v) is 16.6. The van der Waals surface area contributed by atoms with Crippen molar-refractivity contribution in [2.75, 3.05) is 40.0 Å². The third-order valence-electron chi connectivity index (χ3n) is 9.99. The zero-order valence-corrected chi connectivity index (χ0v) is 33.1. The molecular weight excluding hydrogens is 678 g/mol. The van der Waals surface area contributed by atoms with Crippen molar-refractivity contribution in [3.63, 3.8) is 0 Å². The van der Waals surface area contributed by atoms with Gasteiger partial charge in [0, 0.05) is 44.7 Å². The molecule has 0 saturated heterocycles. The molecule has 6 unspecified atom stereocenters. The van der Waals surface area contributed by atoms with Gasteiger partial charge >= 0.3 is 12.2 Å². The lowest BCUT2D eigenvalue weighted by Gasteiger charge is -2.59. The van der Waals surface area contributed by atoms with Crippen molar-refractivity contribution in [1.82, 2.24) is 10.2 Å². The number of rotatable bonds is 16. The van der Waals surface area contributed by atoms with Gasteiger partial charge in [0.2, 0.25) is 5.79 Å². The van der Waals surface area contributed by atoms with Crippen molar-refractivity contribution in [2.24, 2.45) is 28.3 Å². The quantitative estimate of drug-likeness (QED) is 0.0899. The minimum absolute atomic E-state index is 0.0322. The molecule has 1 saturated carbocycles. The van der Waals surface area contributed by atoms with Crippen LogP contribution < -0.4 is 14.8 Å². The zero-order chi connectivity index (χ0) is 39.0. The molecule has 1 fully saturated rings. The minimum Gasteiger partial charge on any atom is -0.459 e. The van der Waals surface area contributed by atoms with Crippen LogP contribution in [0.3, 0.4) is 0 Å². The highest BCUT2D eigenvalue weighted by molar-refractivity contribution is 6.03. The normalized spacial score (nSPS) is 25.7. The first kappa shape index (κ1) is 42.1. The van der Waals surface area contributed by atoms with Crippen molar-refractivity contribution >= 4 is 17.9 Å². The molecule has 3 N–H and O–H groups in total. The molecule has 0 spiro atoms. The molecule has 296 valence electrons. The fourth-order valence-electron chi connectivity index (χ4n) is 7.78. The van der Waals surface area contributed by atoms with E-state index in [9.17, 15) is 19.8 Å². The number of ether oxygens (including phenoxy) is 4. The standard InChI is InChI=1S/C41H63N3O9/c1-10-22-50-41-34(44(9)38(48)49-26-39(3,4)5)25-32(43-53-40(6,7)8)30-23-27(16-12-14-20-45)29(17-13-15-21-46)35(36(30)41)31-24-28(18-19-33(31)52-41)51-37(47)42-11-2/h10,18-19,23-24,27,29,34-36,45-46H,1,11-17,20-22,25-26H2,2-9H3,(H,42,47). The number of carbonyl (C=O) groups is 2. The van der Waals surface area contributed by atoms with Crippen molar-refractivity contribution in [3.8, 4) is 11.5 Å². The molecule has 4 rings (SSSR count). The predicted molar refractivity (Wildman–Crippen MR) is 204 cm³/mol. The van der Waals surface area contributed by atoms with Crippen LogP contribution in [0.15, 0.2) is 47.7 Å². The van der Waals surface area contributed by atoms with Gasteiger partial charge in [-0.1, -0.05) is 50.9 Å². The number of allylic oxidation sites excluding steroid dienone is 1. The summed E-state index contributed by atoms with van der Waals surface area (Å²) >= 11 is 0.